The second-order valence-electron chi connectivity index (χ2n) is 5.36. The summed E-state index contributed by atoms with van der Waals surface area (Å²) in [5.74, 6) is 0.359. The lowest BCUT2D eigenvalue weighted by Crippen LogP contribution is -2.34. The molecule has 0 atom stereocenters. The fraction of sp³-hybridized carbons (Fsp3) is 0.929. The molecule has 1 aliphatic rings. The number of carbonyl (C=O) groups excluding carboxylic acids is 1. The fourth-order valence-corrected chi connectivity index (χ4v) is 2.29. The topological polar surface area (TPSA) is 32.3 Å². The molecule has 1 saturated heterocycles. The molecule has 100 valence electrons. The van der Waals surface area contributed by atoms with Crippen molar-refractivity contribution >= 4 is 5.91 Å². The lowest BCUT2D eigenvalue weighted by molar-refractivity contribution is -0.131. The van der Waals surface area contributed by atoms with Crippen LogP contribution in [0, 0.1) is 0 Å². The third kappa shape index (κ3) is 6.67. The number of amides is 1. The van der Waals surface area contributed by atoms with Crippen molar-refractivity contribution in [2.24, 2.45) is 0 Å². The van der Waals surface area contributed by atoms with Crippen molar-refractivity contribution in [3.8, 4) is 0 Å². The Kier molecular flexibility index (Phi) is 7.25. The van der Waals surface area contributed by atoms with E-state index in [0.29, 0.717) is 18.4 Å². The third-order valence-electron chi connectivity index (χ3n) is 3.33. The molecule has 17 heavy (non-hydrogen) atoms. The van der Waals surface area contributed by atoms with Crippen LogP contribution >= 0.6 is 0 Å². The second kappa shape index (κ2) is 8.51. The molecule has 1 N–H and O–H groups in total. The number of hydrogen-bond acceptors (Lipinski definition) is 2. The van der Waals surface area contributed by atoms with E-state index in [-0.39, 0.29) is 0 Å². The van der Waals surface area contributed by atoms with Crippen LogP contribution in [0.25, 0.3) is 0 Å². The van der Waals surface area contributed by atoms with Crippen molar-refractivity contribution in [1.29, 1.82) is 0 Å². The number of rotatable bonds is 5. The van der Waals surface area contributed by atoms with E-state index < -0.39 is 0 Å². The van der Waals surface area contributed by atoms with Crippen LogP contribution in [-0.2, 0) is 4.79 Å². The predicted molar refractivity (Wildman–Crippen MR) is 72.0 cm³/mol. The van der Waals surface area contributed by atoms with Crippen LogP contribution < -0.4 is 5.32 Å². The van der Waals surface area contributed by atoms with Gasteiger partial charge in [0, 0.05) is 25.6 Å². The summed E-state index contributed by atoms with van der Waals surface area (Å²) in [4.78, 5) is 14.1. The first-order valence-corrected chi connectivity index (χ1v) is 7.21. The van der Waals surface area contributed by atoms with Crippen LogP contribution in [-0.4, -0.2) is 36.5 Å². The largest absolute Gasteiger partial charge is 0.343 e. The Morgan fingerprint density at radius 2 is 1.71 bits per heavy atom. The maximum absolute atomic E-state index is 12.0. The van der Waals surface area contributed by atoms with E-state index in [0.717, 1.165) is 26.1 Å². The molecule has 0 spiro atoms. The molecule has 0 aliphatic carbocycles. The Balaban J connectivity index is 2.16. The van der Waals surface area contributed by atoms with Crippen LogP contribution in [0.1, 0.15) is 58.8 Å². The van der Waals surface area contributed by atoms with E-state index in [4.69, 9.17) is 0 Å². The van der Waals surface area contributed by atoms with Crippen LogP contribution in [0.3, 0.4) is 0 Å². The maximum Gasteiger partial charge on any atom is 0.222 e. The van der Waals surface area contributed by atoms with Gasteiger partial charge in [-0.05, 0) is 25.8 Å². The van der Waals surface area contributed by atoms with Crippen molar-refractivity contribution in [3.63, 3.8) is 0 Å². The van der Waals surface area contributed by atoms with Crippen molar-refractivity contribution < 1.29 is 4.79 Å². The Morgan fingerprint density at radius 1 is 1.12 bits per heavy atom. The van der Waals surface area contributed by atoms with Gasteiger partial charge in [0.15, 0.2) is 0 Å². The van der Waals surface area contributed by atoms with Gasteiger partial charge in [0.05, 0.1) is 0 Å². The van der Waals surface area contributed by atoms with Gasteiger partial charge >= 0.3 is 0 Å². The zero-order chi connectivity index (χ0) is 12.5. The highest BCUT2D eigenvalue weighted by atomic mass is 16.2. The maximum atomic E-state index is 12.0. The molecule has 0 bridgehead atoms. The molecule has 0 aromatic rings. The summed E-state index contributed by atoms with van der Waals surface area (Å²) in [7, 11) is 0. The number of hydrogen-bond donors (Lipinski definition) is 1. The fourth-order valence-electron chi connectivity index (χ4n) is 2.29. The first-order valence-electron chi connectivity index (χ1n) is 7.21. The highest BCUT2D eigenvalue weighted by molar-refractivity contribution is 5.76. The zero-order valence-corrected chi connectivity index (χ0v) is 11.5. The van der Waals surface area contributed by atoms with E-state index in [2.05, 4.69) is 24.1 Å². The van der Waals surface area contributed by atoms with Crippen LogP contribution in [0.4, 0.5) is 0 Å². The Labute approximate surface area is 106 Å². The van der Waals surface area contributed by atoms with Gasteiger partial charge in [-0.15, -0.1) is 0 Å². The Bertz CT molecular complexity index is 208. The molecular formula is C14H28N2O. The van der Waals surface area contributed by atoms with E-state index in [9.17, 15) is 4.79 Å². The summed E-state index contributed by atoms with van der Waals surface area (Å²) in [6.45, 7) is 7.20. The molecule has 1 amide bonds. The second-order valence-corrected chi connectivity index (χ2v) is 5.36. The van der Waals surface area contributed by atoms with Gasteiger partial charge in [-0.1, -0.05) is 33.1 Å². The van der Waals surface area contributed by atoms with Gasteiger partial charge in [0.1, 0.15) is 0 Å². The molecule has 1 aliphatic heterocycles. The SMILES string of the molecule is CC(C)NCCCC(=O)N1CCCCCCC1. The average molecular weight is 240 g/mol. The van der Waals surface area contributed by atoms with Crippen molar-refractivity contribution in [1.82, 2.24) is 10.2 Å². The van der Waals surface area contributed by atoms with E-state index >= 15 is 0 Å². The van der Waals surface area contributed by atoms with Crippen molar-refractivity contribution in [2.75, 3.05) is 19.6 Å². The molecule has 1 fully saturated rings. The quantitative estimate of drug-likeness (QED) is 0.749. The van der Waals surface area contributed by atoms with E-state index in [1.54, 1.807) is 0 Å². The van der Waals surface area contributed by atoms with Crippen LogP contribution in [0.2, 0.25) is 0 Å². The minimum atomic E-state index is 0.359. The molecule has 3 nitrogen and oxygen atoms in total. The zero-order valence-electron chi connectivity index (χ0n) is 11.5. The molecule has 0 aromatic heterocycles. The van der Waals surface area contributed by atoms with E-state index in [1.165, 1.54) is 32.1 Å². The molecule has 3 heteroatoms. The molecule has 0 saturated carbocycles. The molecule has 1 rings (SSSR count). The van der Waals surface area contributed by atoms with E-state index in [1.807, 2.05) is 0 Å². The van der Waals surface area contributed by atoms with Crippen molar-refractivity contribution in [3.05, 3.63) is 0 Å². The van der Waals surface area contributed by atoms with Crippen molar-refractivity contribution in [2.45, 2.75) is 64.8 Å². The van der Waals surface area contributed by atoms with Gasteiger partial charge in [-0.25, -0.2) is 0 Å². The average Bonchev–Trinajstić information content (AvgIpc) is 2.23. The minimum Gasteiger partial charge on any atom is -0.343 e. The monoisotopic (exact) mass is 240 g/mol. The molecule has 1 heterocycles. The normalized spacial score (nSPS) is 17.9. The molecule has 0 radical (unpaired) electrons. The van der Waals surface area contributed by atoms with Gasteiger partial charge in [0.25, 0.3) is 0 Å². The van der Waals surface area contributed by atoms with Gasteiger partial charge in [-0.3, -0.25) is 4.79 Å². The summed E-state index contributed by atoms with van der Waals surface area (Å²) in [5.41, 5.74) is 0. The summed E-state index contributed by atoms with van der Waals surface area (Å²) >= 11 is 0. The van der Waals surface area contributed by atoms with Gasteiger partial charge < -0.3 is 10.2 Å². The summed E-state index contributed by atoms with van der Waals surface area (Å²) < 4.78 is 0. The number of nitrogens with zero attached hydrogens (tertiary/aromatic N) is 1. The first-order chi connectivity index (χ1) is 8.20. The Morgan fingerprint density at radius 3 is 2.29 bits per heavy atom. The first kappa shape index (κ1) is 14.5. The number of carbonyl (C=O) groups is 1. The smallest absolute Gasteiger partial charge is 0.222 e. The summed E-state index contributed by atoms with van der Waals surface area (Å²) in [6.07, 6.45) is 7.98. The van der Waals surface area contributed by atoms with Crippen LogP contribution in [0.15, 0.2) is 0 Å². The number of likely N-dealkylation sites (tertiary alicyclic amines) is 1. The minimum absolute atomic E-state index is 0.359. The summed E-state index contributed by atoms with van der Waals surface area (Å²) in [5, 5.41) is 3.36. The predicted octanol–water partition coefficient (Wildman–Crippen LogP) is 2.56. The highest BCUT2D eigenvalue weighted by Crippen LogP contribution is 2.11. The highest BCUT2D eigenvalue weighted by Gasteiger charge is 2.13. The van der Waals surface area contributed by atoms with Crippen LogP contribution in [0.5, 0.6) is 0 Å². The summed E-state index contributed by atoms with van der Waals surface area (Å²) in [6, 6.07) is 0.520. The number of nitrogens with one attached hydrogen (secondary N) is 1. The lowest BCUT2D eigenvalue weighted by Gasteiger charge is -2.25. The third-order valence-corrected chi connectivity index (χ3v) is 3.33. The van der Waals surface area contributed by atoms with Gasteiger partial charge in [-0.2, -0.15) is 0 Å². The lowest BCUT2D eigenvalue weighted by atomic mass is 10.1. The standard InChI is InChI=1S/C14H28N2O/c1-13(2)15-10-8-9-14(17)16-11-6-4-3-5-7-12-16/h13,15H,3-12H2,1-2H3. The Hall–Kier alpha value is -0.570. The molecule has 0 aromatic carbocycles. The van der Waals surface area contributed by atoms with Gasteiger partial charge in [0.2, 0.25) is 5.91 Å². The molecule has 0 unspecified atom stereocenters. The molecular weight excluding hydrogens is 212 g/mol.